The quantitative estimate of drug-likeness (QED) is 0.825. The van der Waals surface area contributed by atoms with E-state index in [0.717, 1.165) is 5.69 Å². The summed E-state index contributed by atoms with van der Waals surface area (Å²) in [6.07, 6.45) is 0.367. The molecule has 1 aliphatic rings. The number of carbonyl (C=O) groups is 2. The zero-order valence-electron chi connectivity index (χ0n) is 10.6. The molecule has 1 fully saturated rings. The molecule has 0 saturated carbocycles. The molecule has 0 aliphatic carbocycles. The SMILES string of the molecule is CN(C)C(=O)c1cccc(N2CC(N)CC2=O)c1. The van der Waals surface area contributed by atoms with Crippen molar-refractivity contribution >= 4 is 17.5 Å². The highest BCUT2D eigenvalue weighted by Gasteiger charge is 2.28. The van der Waals surface area contributed by atoms with Crippen molar-refractivity contribution in [2.75, 3.05) is 25.5 Å². The second kappa shape index (κ2) is 4.78. The van der Waals surface area contributed by atoms with Gasteiger partial charge >= 0.3 is 0 Å². The highest BCUT2D eigenvalue weighted by molar-refractivity contribution is 5.99. The second-order valence-electron chi connectivity index (χ2n) is 4.72. The van der Waals surface area contributed by atoms with Crippen LogP contribution >= 0.6 is 0 Å². The van der Waals surface area contributed by atoms with E-state index in [4.69, 9.17) is 5.73 Å². The lowest BCUT2D eigenvalue weighted by Gasteiger charge is -2.17. The van der Waals surface area contributed by atoms with Crippen LogP contribution in [0.15, 0.2) is 24.3 Å². The predicted molar refractivity (Wildman–Crippen MR) is 69.4 cm³/mol. The molecule has 5 nitrogen and oxygen atoms in total. The molecule has 0 radical (unpaired) electrons. The molecule has 1 saturated heterocycles. The van der Waals surface area contributed by atoms with Crippen LogP contribution in [0.4, 0.5) is 5.69 Å². The molecule has 96 valence electrons. The van der Waals surface area contributed by atoms with E-state index in [1.54, 1.807) is 37.2 Å². The van der Waals surface area contributed by atoms with Crippen molar-refractivity contribution in [3.8, 4) is 0 Å². The third kappa shape index (κ3) is 2.36. The largest absolute Gasteiger partial charge is 0.345 e. The molecular weight excluding hydrogens is 230 g/mol. The Labute approximate surface area is 106 Å². The predicted octanol–water partition coefficient (Wildman–Crippen LogP) is 0.452. The van der Waals surface area contributed by atoms with E-state index in [1.165, 1.54) is 4.90 Å². The van der Waals surface area contributed by atoms with E-state index in [2.05, 4.69) is 0 Å². The van der Waals surface area contributed by atoms with Crippen LogP contribution in [0, 0.1) is 0 Å². The lowest BCUT2D eigenvalue weighted by Crippen LogP contribution is -2.28. The molecule has 0 aromatic heterocycles. The summed E-state index contributed by atoms with van der Waals surface area (Å²) in [6, 6.07) is 6.96. The topological polar surface area (TPSA) is 66.6 Å². The highest BCUT2D eigenvalue weighted by atomic mass is 16.2. The van der Waals surface area contributed by atoms with Gasteiger partial charge in [-0.2, -0.15) is 0 Å². The Balaban J connectivity index is 2.28. The van der Waals surface area contributed by atoms with Crippen LogP contribution in [0.3, 0.4) is 0 Å². The number of nitrogens with zero attached hydrogens (tertiary/aromatic N) is 2. The molecule has 18 heavy (non-hydrogen) atoms. The number of benzene rings is 1. The van der Waals surface area contributed by atoms with Crippen molar-refractivity contribution in [3.63, 3.8) is 0 Å². The first-order chi connectivity index (χ1) is 8.49. The van der Waals surface area contributed by atoms with Gasteiger partial charge in [-0.15, -0.1) is 0 Å². The summed E-state index contributed by atoms with van der Waals surface area (Å²) in [6.45, 7) is 0.512. The van der Waals surface area contributed by atoms with E-state index in [9.17, 15) is 9.59 Å². The maximum absolute atomic E-state index is 11.9. The van der Waals surface area contributed by atoms with Crippen LogP contribution in [-0.4, -0.2) is 43.4 Å². The van der Waals surface area contributed by atoms with Crippen LogP contribution in [-0.2, 0) is 4.79 Å². The Kier molecular flexibility index (Phi) is 3.34. The molecule has 1 atom stereocenters. The zero-order valence-corrected chi connectivity index (χ0v) is 10.6. The lowest BCUT2D eigenvalue weighted by atomic mass is 10.1. The zero-order chi connectivity index (χ0) is 13.3. The molecule has 5 heteroatoms. The Bertz CT molecular complexity index is 485. The van der Waals surface area contributed by atoms with Gasteiger partial charge in [0.05, 0.1) is 0 Å². The van der Waals surface area contributed by atoms with Crippen molar-refractivity contribution < 1.29 is 9.59 Å². The molecule has 2 rings (SSSR count). The van der Waals surface area contributed by atoms with Crippen LogP contribution in [0.25, 0.3) is 0 Å². The summed E-state index contributed by atoms with van der Waals surface area (Å²) >= 11 is 0. The first kappa shape index (κ1) is 12.6. The minimum absolute atomic E-state index is 0.0111. The average molecular weight is 247 g/mol. The molecule has 1 unspecified atom stereocenters. The summed E-state index contributed by atoms with van der Waals surface area (Å²) in [7, 11) is 3.40. The minimum Gasteiger partial charge on any atom is -0.345 e. The van der Waals surface area contributed by atoms with Crippen molar-refractivity contribution in [1.82, 2.24) is 4.90 Å². The number of rotatable bonds is 2. The maximum Gasteiger partial charge on any atom is 0.253 e. The minimum atomic E-state index is -0.120. The van der Waals surface area contributed by atoms with Crippen LogP contribution < -0.4 is 10.6 Å². The number of amides is 2. The van der Waals surface area contributed by atoms with Gasteiger partial charge in [-0.3, -0.25) is 9.59 Å². The van der Waals surface area contributed by atoms with E-state index < -0.39 is 0 Å². The van der Waals surface area contributed by atoms with Crippen molar-refractivity contribution in [1.29, 1.82) is 0 Å². The number of nitrogens with two attached hydrogens (primary N) is 1. The van der Waals surface area contributed by atoms with Gasteiger partial charge < -0.3 is 15.5 Å². The standard InChI is InChI=1S/C13H17N3O2/c1-15(2)13(18)9-4-3-5-11(6-9)16-8-10(14)7-12(16)17/h3-6,10H,7-8,14H2,1-2H3. The third-order valence-electron chi connectivity index (χ3n) is 2.97. The molecule has 2 amide bonds. The van der Waals surface area contributed by atoms with Crippen molar-refractivity contribution in [2.24, 2.45) is 5.73 Å². The maximum atomic E-state index is 11.9. The molecule has 1 aromatic carbocycles. The van der Waals surface area contributed by atoms with E-state index in [0.29, 0.717) is 18.5 Å². The fraction of sp³-hybridized carbons (Fsp3) is 0.385. The molecule has 0 bridgehead atoms. The van der Waals surface area contributed by atoms with Gasteiger partial charge in [0.25, 0.3) is 5.91 Å². The summed E-state index contributed by atoms with van der Waals surface area (Å²) in [5, 5.41) is 0. The van der Waals surface area contributed by atoms with Crippen molar-refractivity contribution in [3.05, 3.63) is 29.8 Å². The van der Waals surface area contributed by atoms with Gasteiger partial charge in [0.15, 0.2) is 0 Å². The van der Waals surface area contributed by atoms with Crippen LogP contribution in [0.1, 0.15) is 16.8 Å². The molecule has 1 aromatic rings. The molecule has 1 aliphatic heterocycles. The summed E-state index contributed by atoms with van der Waals surface area (Å²) in [4.78, 5) is 26.8. The first-order valence-electron chi connectivity index (χ1n) is 5.86. The number of carbonyl (C=O) groups excluding carboxylic acids is 2. The van der Waals surface area contributed by atoms with E-state index >= 15 is 0 Å². The molecular formula is C13H17N3O2. The third-order valence-corrected chi connectivity index (χ3v) is 2.97. The Morgan fingerprint density at radius 1 is 1.44 bits per heavy atom. The monoisotopic (exact) mass is 247 g/mol. The molecule has 0 spiro atoms. The molecule has 2 N–H and O–H groups in total. The Hall–Kier alpha value is -1.88. The summed E-state index contributed by atoms with van der Waals surface area (Å²) < 4.78 is 0. The first-order valence-corrected chi connectivity index (χ1v) is 5.86. The van der Waals surface area contributed by atoms with Gasteiger partial charge in [0.1, 0.15) is 0 Å². The smallest absolute Gasteiger partial charge is 0.253 e. The number of hydrogen-bond acceptors (Lipinski definition) is 3. The fourth-order valence-electron chi connectivity index (χ4n) is 2.05. The normalized spacial score (nSPS) is 19.2. The van der Waals surface area contributed by atoms with Gasteiger partial charge in [-0.25, -0.2) is 0 Å². The summed E-state index contributed by atoms with van der Waals surface area (Å²) in [5.41, 5.74) is 7.07. The fourth-order valence-corrected chi connectivity index (χ4v) is 2.05. The second-order valence-corrected chi connectivity index (χ2v) is 4.72. The number of hydrogen-bond donors (Lipinski definition) is 1. The summed E-state index contributed by atoms with van der Waals surface area (Å²) in [5.74, 6) is -0.0650. The molecule has 1 heterocycles. The Morgan fingerprint density at radius 3 is 2.72 bits per heavy atom. The van der Waals surface area contributed by atoms with Crippen LogP contribution in [0.2, 0.25) is 0 Å². The van der Waals surface area contributed by atoms with Gasteiger partial charge in [-0.05, 0) is 18.2 Å². The van der Waals surface area contributed by atoms with Gasteiger partial charge in [0.2, 0.25) is 5.91 Å². The average Bonchev–Trinajstić information content (AvgIpc) is 2.67. The lowest BCUT2D eigenvalue weighted by molar-refractivity contribution is -0.117. The van der Waals surface area contributed by atoms with Gasteiger partial charge in [-0.1, -0.05) is 6.07 Å². The van der Waals surface area contributed by atoms with E-state index in [1.807, 2.05) is 6.07 Å². The van der Waals surface area contributed by atoms with Crippen molar-refractivity contribution in [2.45, 2.75) is 12.5 Å². The number of anilines is 1. The Morgan fingerprint density at radius 2 is 2.17 bits per heavy atom. The highest BCUT2D eigenvalue weighted by Crippen LogP contribution is 2.22. The van der Waals surface area contributed by atoms with Crippen LogP contribution in [0.5, 0.6) is 0 Å². The van der Waals surface area contributed by atoms with Gasteiger partial charge in [0, 0.05) is 44.4 Å². The van der Waals surface area contributed by atoms with E-state index in [-0.39, 0.29) is 17.9 Å².